The second kappa shape index (κ2) is 6.51. The Kier molecular flexibility index (Phi) is 5.20. The molecule has 1 aliphatic heterocycles. The molecule has 1 saturated heterocycles. The average molecular weight is 361 g/mol. The van der Waals surface area contributed by atoms with Gasteiger partial charge in [-0.25, -0.2) is 16.8 Å². The Morgan fingerprint density at radius 1 is 1.22 bits per heavy atom. The summed E-state index contributed by atoms with van der Waals surface area (Å²) in [6, 6.07) is 5.65. The van der Waals surface area contributed by atoms with Crippen molar-refractivity contribution in [2.75, 3.05) is 18.1 Å². The number of aliphatic hydroxyl groups is 1. The molecule has 0 radical (unpaired) electrons. The van der Waals surface area contributed by atoms with Crippen molar-refractivity contribution in [2.45, 2.75) is 43.7 Å². The van der Waals surface area contributed by atoms with Gasteiger partial charge < -0.3 is 5.11 Å². The molecule has 0 unspecified atom stereocenters. The third kappa shape index (κ3) is 3.76. The minimum absolute atomic E-state index is 0.103. The Hall–Kier alpha value is -0.960. The molecule has 1 fully saturated rings. The summed E-state index contributed by atoms with van der Waals surface area (Å²) in [6.07, 6.45) is -1.19. The predicted molar refractivity (Wildman–Crippen MR) is 88.5 cm³/mol. The summed E-state index contributed by atoms with van der Waals surface area (Å²) >= 11 is 0. The van der Waals surface area contributed by atoms with Crippen molar-refractivity contribution in [2.24, 2.45) is 0 Å². The average Bonchev–Trinajstić information content (AvgIpc) is 2.72. The van der Waals surface area contributed by atoms with E-state index in [9.17, 15) is 21.9 Å². The first-order valence-electron chi connectivity index (χ1n) is 7.59. The molecule has 0 spiro atoms. The molecule has 23 heavy (non-hydrogen) atoms. The van der Waals surface area contributed by atoms with Gasteiger partial charge in [0.1, 0.15) is 0 Å². The first-order valence-corrected chi connectivity index (χ1v) is 10.8. The number of sulfonamides is 1. The lowest BCUT2D eigenvalue weighted by Crippen LogP contribution is -2.46. The van der Waals surface area contributed by atoms with Crippen LogP contribution in [0, 0.1) is 0 Å². The third-order valence-corrected chi connectivity index (χ3v) is 7.84. The highest BCUT2D eigenvalue weighted by Gasteiger charge is 2.44. The predicted octanol–water partition coefficient (Wildman–Crippen LogP) is 0.978. The van der Waals surface area contributed by atoms with Crippen molar-refractivity contribution in [1.82, 2.24) is 4.31 Å². The molecule has 2 atom stereocenters. The van der Waals surface area contributed by atoms with Crippen molar-refractivity contribution < 1.29 is 21.9 Å². The first-order chi connectivity index (χ1) is 10.6. The Labute approximate surface area is 138 Å². The molecule has 1 aromatic carbocycles. The Morgan fingerprint density at radius 2 is 1.78 bits per heavy atom. The van der Waals surface area contributed by atoms with E-state index in [1.807, 2.05) is 13.8 Å². The van der Waals surface area contributed by atoms with E-state index < -0.39 is 37.8 Å². The second-order valence-electron chi connectivity index (χ2n) is 6.14. The normalized spacial score (nSPS) is 24.4. The third-order valence-electron chi connectivity index (χ3n) is 4.13. The maximum Gasteiger partial charge on any atom is 0.243 e. The maximum atomic E-state index is 12.8. The molecule has 1 heterocycles. The van der Waals surface area contributed by atoms with Gasteiger partial charge in [-0.2, -0.15) is 4.31 Å². The molecular formula is C15H23NO5S2. The molecule has 2 rings (SSSR count). The molecule has 8 heteroatoms. The van der Waals surface area contributed by atoms with Crippen LogP contribution in [0.1, 0.15) is 32.3 Å². The zero-order valence-electron chi connectivity index (χ0n) is 13.5. The number of rotatable bonds is 5. The quantitative estimate of drug-likeness (QED) is 0.844. The lowest BCUT2D eigenvalue weighted by atomic mass is 10.0. The summed E-state index contributed by atoms with van der Waals surface area (Å²) in [5.74, 6) is -0.447. The van der Waals surface area contributed by atoms with E-state index in [1.54, 1.807) is 19.1 Å². The van der Waals surface area contributed by atoms with E-state index in [0.29, 0.717) is 0 Å². The Morgan fingerprint density at radius 3 is 2.17 bits per heavy atom. The number of hydrogen-bond donors (Lipinski definition) is 1. The van der Waals surface area contributed by atoms with Gasteiger partial charge in [-0.3, -0.25) is 0 Å². The molecule has 0 aliphatic carbocycles. The Balaban J connectivity index is 2.36. The molecule has 1 aromatic rings. The van der Waals surface area contributed by atoms with Gasteiger partial charge in [-0.05, 0) is 23.6 Å². The standard InChI is InChI=1S/C15H23NO5S2/c1-4-16(14-9-22(18,19)10-15(14)17)23(20,21)13-7-5-12(6-8-13)11(2)3/h5-8,11,14-15,17H,4,9-10H2,1-3H3/t14-,15+/m1/s1. The summed E-state index contributed by atoms with van der Waals surface area (Å²) in [5, 5.41) is 9.97. The molecule has 0 amide bonds. The minimum atomic E-state index is -3.85. The van der Waals surface area contributed by atoms with Gasteiger partial charge >= 0.3 is 0 Å². The van der Waals surface area contributed by atoms with Crippen LogP contribution < -0.4 is 0 Å². The molecule has 1 aliphatic rings. The van der Waals surface area contributed by atoms with Crippen molar-refractivity contribution >= 4 is 19.9 Å². The minimum Gasteiger partial charge on any atom is -0.390 e. The molecule has 0 saturated carbocycles. The number of aliphatic hydroxyl groups excluding tert-OH is 1. The van der Waals surface area contributed by atoms with Crippen molar-refractivity contribution in [1.29, 1.82) is 0 Å². The zero-order chi connectivity index (χ0) is 17.4. The van der Waals surface area contributed by atoms with Crippen molar-refractivity contribution in [3.05, 3.63) is 29.8 Å². The van der Waals surface area contributed by atoms with E-state index in [0.717, 1.165) is 9.87 Å². The maximum absolute atomic E-state index is 12.8. The summed E-state index contributed by atoms with van der Waals surface area (Å²) in [6.45, 7) is 5.77. The fraction of sp³-hybridized carbons (Fsp3) is 0.600. The largest absolute Gasteiger partial charge is 0.390 e. The topological polar surface area (TPSA) is 91.8 Å². The Bertz CT molecular complexity index is 754. The van der Waals surface area contributed by atoms with Crippen LogP contribution in [0.15, 0.2) is 29.2 Å². The van der Waals surface area contributed by atoms with Crippen molar-refractivity contribution in [3.8, 4) is 0 Å². The highest BCUT2D eigenvalue weighted by atomic mass is 32.2. The van der Waals surface area contributed by atoms with Gasteiger partial charge in [-0.15, -0.1) is 0 Å². The zero-order valence-corrected chi connectivity index (χ0v) is 15.1. The lowest BCUT2D eigenvalue weighted by Gasteiger charge is -2.28. The number of hydrogen-bond acceptors (Lipinski definition) is 5. The van der Waals surface area contributed by atoms with E-state index in [4.69, 9.17) is 0 Å². The lowest BCUT2D eigenvalue weighted by molar-refractivity contribution is 0.130. The second-order valence-corrected chi connectivity index (χ2v) is 10.2. The number of nitrogens with zero attached hydrogens (tertiary/aromatic N) is 1. The number of sulfone groups is 1. The molecule has 6 nitrogen and oxygen atoms in total. The molecule has 0 aromatic heterocycles. The summed E-state index contributed by atoms with van der Waals surface area (Å²) in [4.78, 5) is 0.111. The highest BCUT2D eigenvalue weighted by Crippen LogP contribution is 2.26. The van der Waals surface area contributed by atoms with Crippen LogP contribution in [0.4, 0.5) is 0 Å². The van der Waals surface area contributed by atoms with Crippen molar-refractivity contribution in [3.63, 3.8) is 0 Å². The fourth-order valence-electron chi connectivity index (χ4n) is 2.83. The summed E-state index contributed by atoms with van der Waals surface area (Å²) in [7, 11) is -7.27. The smallest absolute Gasteiger partial charge is 0.243 e. The summed E-state index contributed by atoms with van der Waals surface area (Å²) < 4.78 is 50.1. The van der Waals surface area contributed by atoms with Gasteiger partial charge in [0, 0.05) is 6.54 Å². The van der Waals surface area contributed by atoms with Gasteiger partial charge in [-0.1, -0.05) is 32.9 Å². The van der Waals surface area contributed by atoms with Crippen LogP contribution in [0.25, 0.3) is 0 Å². The number of likely N-dealkylation sites (N-methyl/N-ethyl adjacent to an activating group) is 1. The van der Waals surface area contributed by atoms with Gasteiger partial charge in [0.15, 0.2) is 9.84 Å². The van der Waals surface area contributed by atoms with Gasteiger partial charge in [0.2, 0.25) is 10.0 Å². The monoisotopic (exact) mass is 361 g/mol. The van der Waals surface area contributed by atoms with Crippen LogP contribution in [0.5, 0.6) is 0 Å². The van der Waals surface area contributed by atoms with Crippen LogP contribution in [0.3, 0.4) is 0 Å². The van der Waals surface area contributed by atoms with E-state index >= 15 is 0 Å². The van der Waals surface area contributed by atoms with Gasteiger partial charge in [0.05, 0.1) is 28.5 Å². The van der Waals surface area contributed by atoms with Gasteiger partial charge in [0.25, 0.3) is 0 Å². The van der Waals surface area contributed by atoms with E-state index in [1.165, 1.54) is 12.1 Å². The first kappa shape index (κ1) is 18.4. The SMILES string of the molecule is CCN([C@@H]1CS(=O)(=O)C[C@@H]1O)S(=O)(=O)c1ccc(C(C)C)cc1. The van der Waals surface area contributed by atoms with Crippen LogP contribution in [-0.4, -0.2) is 56.4 Å². The molecule has 1 N–H and O–H groups in total. The molecular weight excluding hydrogens is 338 g/mol. The fourth-order valence-corrected chi connectivity index (χ4v) is 6.39. The number of benzene rings is 1. The molecule has 130 valence electrons. The van der Waals surface area contributed by atoms with E-state index in [2.05, 4.69) is 0 Å². The van der Waals surface area contributed by atoms with Crippen LogP contribution in [-0.2, 0) is 19.9 Å². The van der Waals surface area contributed by atoms with Crippen LogP contribution >= 0.6 is 0 Å². The van der Waals surface area contributed by atoms with Crippen LogP contribution in [0.2, 0.25) is 0 Å². The summed E-state index contributed by atoms with van der Waals surface area (Å²) in [5.41, 5.74) is 1.02. The van der Waals surface area contributed by atoms with E-state index in [-0.39, 0.29) is 23.1 Å². The molecule has 0 bridgehead atoms. The highest BCUT2D eigenvalue weighted by molar-refractivity contribution is 7.92.